The number of hydrogen-bond acceptors (Lipinski definition) is 7. The zero-order valence-electron chi connectivity index (χ0n) is 19.2. The van der Waals surface area contributed by atoms with E-state index in [0.717, 1.165) is 37.5 Å². The Balaban J connectivity index is 1.79. The third-order valence-corrected chi connectivity index (χ3v) is 6.61. The molecule has 0 radical (unpaired) electrons. The van der Waals surface area contributed by atoms with E-state index in [2.05, 4.69) is 29.2 Å². The van der Waals surface area contributed by atoms with Gasteiger partial charge in [-0.15, -0.1) is 11.3 Å². The Morgan fingerprint density at radius 3 is 2.38 bits per heavy atom. The highest BCUT2D eigenvalue weighted by molar-refractivity contribution is 7.22. The van der Waals surface area contributed by atoms with Gasteiger partial charge in [-0.05, 0) is 23.3 Å². The molecule has 8 heteroatoms. The number of fused-ring (bicyclic) bond motifs is 1. The number of ether oxygens (including phenoxy) is 3. The van der Waals surface area contributed by atoms with Gasteiger partial charge in [-0.25, -0.2) is 9.97 Å². The summed E-state index contributed by atoms with van der Waals surface area (Å²) < 4.78 is 18.7. The summed E-state index contributed by atoms with van der Waals surface area (Å²) in [5, 5.41) is 0.878. The van der Waals surface area contributed by atoms with E-state index in [0.29, 0.717) is 30.7 Å². The predicted molar refractivity (Wildman–Crippen MR) is 134 cm³/mol. The second-order valence-electron chi connectivity index (χ2n) is 7.64. The average Bonchev–Trinajstić information content (AvgIpc) is 3.48. The van der Waals surface area contributed by atoms with Crippen LogP contribution in [0.5, 0.6) is 11.6 Å². The lowest BCUT2D eigenvalue weighted by Crippen LogP contribution is -2.07. The second kappa shape index (κ2) is 9.62. The van der Waals surface area contributed by atoms with Gasteiger partial charge in [-0.1, -0.05) is 42.5 Å². The molecule has 3 heterocycles. The summed E-state index contributed by atoms with van der Waals surface area (Å²) in [4.78, 5) is 16.1. The fourth-order valence-electron chi connectivity index (χ4n) is 3.80. The van der Waals surface area contributed by atoms with E-state index in [4.69, 9.17) is 24.2 Å². The Labute approximate surface area is 201 Å². The quantitative estimate of drug-likeness (QED) is 0.279. The minimum Gasteiger partial charge on any atom is -0.497 e. The molecule has 0 unspecified atom stereocenters. The number of hydrogen-bond donors (Lipinski definition) is 0. The maximum atomic E-state index is 6.16. The second-order valence-corrected chi connectivity index (χ2v) is 8.64. The van der Waals surface area contributed by atoms with Gasteiger partial charge >= 0.3 is 0 Å². The Morgan fingerprint density at radius 2 is 1.71 bits per heavy atom. The zero-order chi connectivity index (χ0) is 23.5. The van der Waals surface area contributed by atoms with E-state index in [1.165, 1.54) is 0 Å². The van der Waals surface area contributed by atoms with E-state index in [-0.39, 0.29) is 0 Å². The van der Waals surface area contributed by atoms with Crippen LogP contribution in [0.1, 0.15) is 0 Å². The molecule has 0 saturated carbocycles. The fraction of sp³-hybridized carbons (Fsp3) is 0.192. The molecule has 0 spiro atoms. The molecule has 0 fully saturated rings. The normalized spacial score (nSPS) is 11.1. The summed E-state index contributed by atoms with van der Waals surface area (Å²) in [6, 6.07) is 18.3. The van der Waals surface area contributed by atoms with Gasteiger partial charge in [0.1, 0.15) is 17.2 Å². The number of thiophene rings is 1. The summed E-state index contributed by atoms with van der Waals surface area (Å²) in [5.41, 5.74) is 3.18. The number of imidazole rings is 1. The molecule has 7 nitrogen and oxygen atoms in total. The number of aromatic nitrogens is 4. The van der Waals surface area contributed by atoms with Gasteiger partial charge in [-0.2, -0.15) is 4.98 Å². The fourth-order valence-corrected chi connectivity index (χ4v) is 5.00. The SMILES string of the molecule is COCCOc1nc(-c2nccn2C)nc2sc(-c3ccccc3)c(-c3ccc(OC)cc3)c12. The van der Waals surface area contributed by atoms with E-state index < -0.39 is 0 Å². The molecule has 5 aromatic rings. The first kappa shape index (κ1) is 22.1. The van der Waals surface area contributed by atoms with Crippen molar-refractivity contribution in [2.45, 2.75) is 0 Å². The minimum atomic E-state index is 0.376. The summed E-state index contributed by atoms with van der Waals surface area (Å²) in [7, 11) is 5.24. The van der Waals surface area contributed by atoms with Crippen molar-refractivity contribution in [3.05, 3.63) is 67.0 Å². The monoisotopic (exact) mass is 472 g/mol. The molecule has 0 aliphatic carbocycles. The van der Waals surface area contributed by atoms with Crippen LogP contribution in [0.4, 0.5) is 0 Å². The number of aryl methyl sites for hydroxylation is 1. The molecule has 0 atom stereocenters. The van der Waals surface area contributed by atoms with Crippen molar-refractivity contribution in [1.29, 1.82) is 0 Å². The summed E-state index contributed by atoms with van der Waals surface area (Å²) in [6.07, 6.45) is 3.61. The van der Waals surface area contributed by atoms with Crippen LogP contribution in [-0.2, 0) is 11.8 Å². The zero-order valence-corrected chi connectivity index (χ0v) is 20.0. The van der Waals surface area contributed by atoms with Crippen LogP contribution in [-0.4, -0.2) is 47.0 Å². The van der Waals surface area contributed by atoms with Crippen molar-refractivity contribution >= 4 is 21.6 Å². The lowest BCUT2D eigenvalue weighted by molar-refractivity contribution is 0.144. The lowest BCUT2D eigenvalue weighted by atomic mass is 10.00. The molecule has 5 rings (SSSR count). The summed E-state index contributed by atoms with van der Waals surface area (Å²) in [5.74, 6) is 2.52. The smallest absolute Gasteiger partial charge is 0.226 e. The maximum absolute atomic E-state index is 6.16. The number of benzene rings is 2. The van der Waals surface area contributed by atoms with E-state index in [1.54, 1.807) is 31.8 Å². The first-order valence-electron chi connectivity index (χ1n) is 10.8. The van der Waals surface area contributed by atoms with Crippen LogP contribution >= 0.6 is 11.3 Å². The average molecular weight is 473 g/mol. The third kappa shape index (κ3) is 4.13. The van der Waals surface area contributed by atoms with Crippen LogP contribution in [0.3, 0.4) is 0 Å². The van der Waals surface area contributed by atoms with Crippen LogP contribution in [0.15, 0.2) is 67.0 Å². The van der Waals surface area contributed by atoms with Crippen molar-refractivity contribution in [3.63, 3.8) is 0 Å². The van der Waals surface area contributed by atoms with E-state index in [9.17, 15) is 0 Å². The van der Waals surface area contributed by atoms with Crippen LogP contribution in [0.25, 0.3) is 43.4 Å². The molecule has 0 saturated heterocycles. The molecule has 34 heavy (non-hydrogen) atoms. The molecule has 0 aliphatic rings. The van der Waals surface area contributed by atoms with Crippen molar-refractivity contribution in [1.82, 2.24) is 19.5 Å². The van der Waals surface area contributed by atoms with Crippen molar-refractivity contribution in [2.75, 3.05) is 27.4 Å². The number of methoxy groups -OCH3 is 2. The number of nitrogens with zero attached hydrogens (tertiary/aromatic N) is 4. The molecule has 0 N–H and O–H groups in total. The molecule has 0 bridgehead atoms. The van der Waals surface area contributed by atoms with Gasteiger partial charge in [0.2, 0.25) is 11.7 Å². The predicted octanol–water partition coefficient (Wildman–Crippen LogP) is 5.46. The van der Waals surface area contributed by atoms with Crippen LogP contribution < -0.4 is 9.47 Å². The Kier molecular flexibility index (Phi) is 6.24. The summed E-state index contributed by atoms with van der Waals surface area (Å²) in [6.45, 7) is 0.831. The van der Waals surface area contributed by atoms with Crippen LogP contribution in [0.2, 0.25) is 0 Å². The number of rotatable bonds is 8. The first-order chi connectivity index (χ1) is 16.7. The standard InChI is InChI=1S/C26H24N4O3S/c1-30-14-13-27-24(30)23-28-25(33-16-15-31-2)21-20(17-9-11-19(32-3)12-10-17)22(34-26(21)29-23)18-7-5-4-6-8-18/h4-14H,15-16H2,1-3H3. The highest BCUT2D eigenvalue weighted by atomic mass is 32.1. The Hall–Kier alpha value is -3.75. The lowest BCUT2D eigenvalue weighted by Gasteiger charge is -2.11. The molecule has 3 aromatic heterocycles. The summed E-state index contributed by atoms with van der Waals surface area (Å²) >= 11 is 1.62. The van der Waals surface area contributed by atoms with Crippen molar-refractivity contribution in [3.8, 4) is 44.8 Å². The van der Waals surface area contributed by atoms with Crippen molar-refractivity contribution in [2.24, 2.45) is 7.05 Å². The third-order valence-electron chi connectivity index (χ3n) is 5.48. The highest BCUT2D eigenvalue weighted by Gasteiger charge is 2.23. The topological polar surface area (TPSA) is 71.3 Å². The Bertz CT molecular complexity index is 1410. The molecule has 2 aromatic carbocycles. The van der Waals surface area contributed by atoms with Crippen LogP contribution in [0, 0.1) is 0 Å². The van der Waals surface area contributed by atoms with E-state index >= 15 is 0 Å². The largest absolute Gasteiger partial charge is 0.497 e. The first-order valence-corrected chi connectivity index (χ1v) is 11.6. The molecule has 172 valence electrons. The van der Waals surface area contributed by atoms with Gasteiger partial charge in [-0.3, -0.25) is 0 Å². The van der Waals surface area contributed by atoms with E-state index in [1.807, 2.05) is 48.1 Å². The van der Waals surface area contributed by atoms with Gasteiger partial charge < -0.3 is 18.8 Å². The maximum Gasteiger partial charge on any atom is 0.226 e. The van der Waals surface area contributed by atoms with Gasteiger partial charge in [0.25, 0.3) is 0 Å². The minimum absolute atomic E-state index is 0.376. The Morgan fingerprint density at radius 1 is 0.912 bits per heavy atom. The van der Waals surface area contributed by atoms with Gasteiger partial charge in [0.15, 0.2) is 5.82 Å². The molecule has 0 aliphatic heterocycles. The van der Waals surface area contributed by atoms with Crippen molar-refractivity contribution < 1.29 is 14.2 Å². The molecular formula is C26H24N4O3S. The highest BCUT2D eigenvalue weighted by Crippen LogP contribution is 2.47. The van der Waals surface area contributed by atoms with Gasteiger partial charge in [0, 0.05) is 37.0 Å². The molecule has 0 amide bonds. The molecular weight excluding hydrogens is 448 g/mol. The van der Waals surface area contributed by atoms with Gasteiger partial charge in [0.05, 0.1) is 19.1 Å².